The van der Waals surface area contributed by atoms with Crippen molar-refractivity contribution in [1.82, 2.24) is 14.8 Å². The predicted octanol–water partition coefficient (Wildman–Crippen LogP) is 2.01. The molecular weight excluding hydrogens is 268 g/mol. The number of rotatable bonds is 2. The molecule has 4 nitrogen and oxygen atoms in total. The Morgan fingerprint density at radius 3 is 2.69 bits per heavy atom. The standard InChI is InChI=1S/C11H13BrN4/c1-7-5-8(12)3-4-9(7)11-15-14-10(6-13)16(11)2/h3-5H,6,13H2,1-2H3. The molecule has 0 amide bonds. The summed E-state index contributed by atoms with van der Waals surface area (Å²) in [6.07, 6.45) is 0. The molecule has 16 heavy (non-hydrogen) atoms. The van der Waals surface area contributed by atoms with Gasteiger partial charge in [-0.05, 0) is 30.7 Å². The molecule has 0 aliphatic rings. The van der Waals surface area contributed by atoms with Crippen LogP contribution in [-0.4, -0.2) is 14.8 Å². The van der Waals surface area contributed by atoms with Crippen LogP contribution in [-0.2, 0) is 13.6 Å². The fourth-order valence-electron chi connectivity index (χ4n) is 1.65. The van der Waals surface area contributed by atoms with Gasteiger partial charge in [0.05, 0.1) is 6.54 Å². The zero-order valence-electron chi connectivity index (χ0n) is 9.24. The second kappa shape index (κ2) is 4.35. The summed E-state index contributed by atoms with van der Waals surface area (Å²) in [5.41, 5.74) is 7.82. The molecule has 0 aliphatic heterocycles. The van der Waals surface area contributed by atoms with Crippen LogP contribution >= 0.6 is 15.9 Å². The Kier molecular flexibility index (Phi) is 3.07. The van der Waals surface area contributed by atoms with E-state index in [2.05, 4.69) is 39.1 Å². The van der Waals surface area contributed by atoms with Crippen molar-refractivity contribution in [2.45, 2.75) is 13.5 Å². The SMILES string of the molecule is Cc1cc(Br)ccc1-c1nnc(CN)n1C. The number of hydrogen-bond donors (Lipinski definition) is 1. The van der Waals surface area contributed by atoms with E-state index in [1.807, 2.05) is 23.7 Å². The first kappa shape index (κ1) is 11.3. The molecule has 84 valence electrons. The van der Waals surface area contributed by atoms with Gasteiger partial charge in [0, 0.05) is 17.1 Å². The highest BCUT2D eigenvalue weighted by atomic mass is 79.9. The quantitative estimate of drug-likeness (QED) is 0.916. The van der Waals surface area contributed by atoms with Crippen molar-refractivity contribution in [3.8, 4) is 11.4 Å². The topological polar surface area (TPSA) is 56.7 Å². The van der Waals surface area contributed by atoms with Gasteiger partial charge in [0.25, 0.3) is 0 Å². The van der Waals surface area contributed by atoms with Gasteiger partial charge < -0.3 is 10.3 Å². The zero-order valence-corrected chi connectivity index (χ0v) is 10.8. The lowest BCUT2D eigenvalue weighted by Gasteiger charge is -2.06. The average molecular weight is 281 g/mol. The van der Waals surface area contributed by atoms with Crippen molar-refractivity contribution in [2.24, 2.45) is 12.8 Å². The van der Waals surface area contributed by atoms with Gasteiger partial charge in [-0.15, -0.1) is 10.2 Å². The Labute approximate surface area is 103 Å². The van der Waals surface area contributed by atoms with E-state index >= 15 is 0 Å². The monoisotopic (exact) mass is 280 g/mol. The number of nitrogens with zero attached hydrogens (tertiary/aromatic N) is 3. The van der Waals surface area contributed by atoms with E-state index < -0.39 is 0 Å². The molecule has 0 spiro atoms. The lowest BCUT2D eigenvalue weighted by Crippen LogP contribution is -2.05. The molecule has 0 bridgehead atoms. The van der Waals surface area contributed by atoms with Gasteiger partial charge in [-0.2, -0.15) is 0 Å². The third kappa shape index (κ3) is 1.88. The number of nitrogens with two attached hydrogens (primary N) is 1. The minimum Gasteiger partial charge on any atom is -0.324 e. The fourth-order valence-corrected chi connectivity index (χ4v) is 2.13. The molecule has 0 saturated heterocycles. The summed E-state index contributed by atoms with van der Waals surface area (Å²) in [6.45, 7) is 2.45. The van der Waals surface area contributed by atoms with Crippen LogP contribution in [0, 0.1) is 6.92 Å². The lowest BCUT2D eigenvalue weighted by atomic mass is 10.1. The molecule has 1 aromatic heterocycles. The van der Waals surface area contributed by atoms with Gasteiger partial charge in [-0.3, -0.25) is 0 Å². The van der Waals surface area contributed by atoms with Crippen LogP contribution in [0.1, 0.15) is 11.4 Å². The first-order chi connectivity index (χ1) is 7.63. The van der Waals surface area contributed by atoms with E-state index in [4.69, 9.17) is 5.73 Å². The summed E-state index contributed by atoms with van der Waals surface area (Å²) in [7, 11) is 1.93. The van der Waals surface area contributed by atoms with Gasteiger partial charge in [0.2, 0.25) is 0 Å². The third-order valence-electron chi connectivity index (χ3n) is 2.58. The predicted molar refractivity (Wildman–Crippen MR) is 66.8 cm³/mol. The van der Waals surface area contributed by atoms with Crippen molar-refractivity contribution in [3.63, 3.8) is 0 Å². The second-order valence-corrected chi connectivity index (χ2v) is 4.58. The molecule has 1 aromatic carbocycles. The summed E-state index contributed by atoms with van der Waals surface area (Å²) in [5.74, 6) is 1.64. The Morgan fingerprint density at radius 2 is 2.12 bits per heavy atom. The summed E-state index contributed by atoms with van der Waals surface area (Å²) >= 11 is 3.44. The highest BCUT2D eigenvalue weighted by Crippen LogP contribution is 2.24. The Balaban J connectivity index is 2.54. The van der Waals surface area contributed by atoms with E-state index in [1.54, 1.807) is 0 Å². The molecule has 2 N–H and O–H groups in total. The van der Waals surface area contributed by atoms with Crippen LogP contribution in [0.2, 0.25) is 0 Å². The maximum absolute atomic E-state index is 5.57. The van der Waals surface area contributed by atoms with Crippen molar-refractivity contribution in [2.75, 3.05) is 0 Å². The summed E-state index contributed by atoms with van der Waals surface area (Å²) in [6, 6.07) is 6.09. The second-order valence-electron chi connectivity index (χ2n) is 3.66. The Morgan fingerprint density at radius 1 is 1.38 bits per heavy atom. The molecule has 0 fully saturated rings. The normalized spacial score (nSPS) is 10.8. The van der Waals surface area contributed by atoms with Crippen LogP contribution in [0.25, 0.3) is 11.4 Å². The maximum Gasteiger partial charge on any atom is 0.164 e. The molecular formula is C11H13BrN4. The molecule has 5 heteroatoms. The van der Waals surface area contributed by atoms with Crippen molar-refractivity contribution < 1.29 is 0 Å². The van der Waals surface area contributed by atoms with Crippen molar-refractivity contribution in [3.05, 3.63) is 34.1 Å². The first-order valence-corrected chi connectivity index (χ1v) is 5.77. The number of aryl methyl sites for hydroxylation is 1. The van der Waals surface area contributed by atoms with Gasteiger partial charge in [0.15, 0.2) is 5.82 Å². The first-order valence-electron chi connectivity index (χ1n) is 4.98. The summed E-state index contributed by atoms with van der Waals surface area (Å²) in [4.78, 5) is 0. The maximum atomic E-state index is 5.57. The highest BCUT2D eigenvalue weighted by molar-refractivity contribution is 9.10. The Hall–Kier alpha value is -1.20. The molecule has 0 radical (unpaired) electrons. The van der Waals surface area contributed by atoms with Crippen LogP contribution < -0.4 is 5.73 Å². The molecule has 2 rings (SSSR count). The summed E-state index contributed by atoms with van der Waals surface area (Å²) < 4.78 is 2.99. The van der Waals surface area contributed by atoms with E-state index in [0.29, 0.717) is 6.54 Å². The molecule has 0 saturated carbocycles. The van der Waals surface area contributed by atoms with Crippen LogP contribution in [0.3, 0.4) is 0 Å². The lowest BCUT2D eigenvalue weighted by molar-refractivity contribution is 0.796. The smallest absolute Gasteiger partial charge is 0.164 e. The third-order valence-corrected chi connectivity index (χ3v) is 3.07. The highest BCUT2D eigenvalue weighted by Gasteiger charge is 2.11. The van der Waals surface area contributed by atoms with Crippen LogP contribution in [0.5, 0.6) is 0 Å². The number of benzene rings is 1. The average Bonchev–Trinajstić information content (AvgIpc) is 2.60. The van der Waals surface area contributed by atoms with Crippen LogP contribution in [0.4, 0.5) is 0 Å². The zero-order chi connectivity index (χ0) is 11.7. The minimum atomic E-state index is 0.402. The van der Waals surface area contributed by atoms with Crippen molar-refractivity contribution >= 4 is 15.9 Å². The number of hydrogen-bond acceptors (Lipinski definition) is 3. The van der Waals surface area contributed by atoms with E-state index in [9.17, 15) is 0 Å². The minimum absolute atomic E-state index is 0.402. The molecule has 1 heterocycles. The van der Waals surface area contributed by atoms with Crippen LogP contribution in [0.15, 0.2) is 22.7 Å². The number of halogens is 1. The van der Waals surface area contributed by atoms with Gasteiger partial charge in [-0.25, -0.2) is 0 Å². The fraction of sp³-hybridized carbons (Fsp3) is 0.273. The molecule has 0 atom stereocenters. The van der Waals surface area contributed by atoms with Crippen molar-refractivity contribution in [1.29, 1.82) is 0 Å². The molecule has 0 unspecified atom stereocenters. The number of aromatic nitrogens is 3. The molecule has 0 aliphatic carbocycles. The van der Waals surface area contributed by atoms with Gasteiger partial charge in [0.1, 0.15) is 5.82 Å². The van der Waals surface area contributed by atoms with Gasteiger partial charge >= 0.3 is 0 Å². The van der Waals surface area contributed by atoms with E-state index in [0.717, 1.165) is 27.2 Å². The van der Waals surface area contributed by atoms with E-state index in [1.165, 1.54) is 0 Å². The summed E-state index contributed by atoms with van der Waals surface area (Å²) in [5, 5.41) is 8.22. The Bertz CT molecular complexity index is 519. The largest absolute Gasteiger partial charge is 0.324 e. The van der Waals surface area contributed by atoms with E-state index in [-0.39, 0.29) is 0 Å². The molecule has 2 aromatic rings. The van der Waals surface area contributed by atoms with Gasteiger partial charge in [-0.1, -0.05) is 15.9 Å².